The van der Waals surface area contributed by atoms with Gasteiger partial charge >= 0.3 is 0 Å². The summed E-state index contributed by atoms with van der Waals surface area (Å²) >= 11 is 0. The lowest BCUT2D eigenvalue weighted by atomic mass is 10.00. The second-order valence-corrected chi connectivity index (χ2v) is 4.86. The molecule has 5 nitrogen and oxygen atoms in total. The molecule has 5 heteroatoms. The van der Waals surface area contributed by atoms with Gasteiger partial charge in [-0.2, -0.15) is 0 Å². The first kappa shape index (κ1) is 11.2. The number of hydrogen-bond acceptors (Lipinski definition) is 3. The molecule has 2 amide bonds. The number of H-pyrrole nitrogens is 1. The van der Waals surface area contributed by atoms with E-state index in [1.165, 1.54) is 4.90 Å². The number of nitrogens with zero attached hydrogens (tertiary/aromatic N) is 2. The van der Waals surface area contributed by atoms with Gasteiger partial charge in [-0.1, -0.05) is 12.2 Å². The number of allylic oxidation sites excluding steroid dienone is 1. The lowest BCUT2D eigenvalue weighted by molar-refractivity contribution is -0.120. The third-order valence-electron chi connectivity index (χ3n) is 3.69. The van der Waals surface area contributed by atoms with E-state index >= 15 is 0 Å². The fraction of sp³-hybridized carbons (Fsp3) is 0.133. The first-order chi connectivity index (χ1) is 9.75. The summed E-state index contributed by atoms with van der Waals surface area (Å²) in [6, 6.07) is 5.45. The van der Waals surface area contributed by atoms with Gasteiger partial charge in [-0.05, 0) is 31.0 Å². The van der Waals surface area contributed by atoms with Gasteiger partial charge in [-0.3, -0.25) is 9.59 Å². The van der Waals surface area contributed by atoms with Gasteiger partial charge in [0.15, 0.2) is 0 Å². The van der Waals surface area contributed by atoms with Crippen molar-refractivity contribution in [3.05, 3.63) is 47.7 Å². The molecule has 1 aliphatic heterocycles. The maximum Gasteiger partial charge on any atom is 0.267 e. The van der Waals surface area contributed by atoms with Crippen LogP contribution in [0, 0.1) is 0 Å². The van der Waals surface area contributed by atoms with Gasteiger partial charge < -0.3 is 4.98 Å². The summed E-state index contributed by atoms with van der Waals surface area (Å²) in [4.78, 5) is 33.3. The van der Waals surface area contributed by atoms with E-state index < -0.39 is 0 Å². The predicted octanol–water partition coefficient (Wildman–Crippen LogP) is 2.08. The molecule has 0 saturated carbocycles. The molecule has 20 heavy (non-hydrogen) atoms. The van der Waals surface area contributed by atoms with E-state index in [2.05, 4.69) is 9.97 Å². The van der Waals surface area contributed by atoms with E-state index in [1.807, 2.05) is 18.2 Å². The molecule has 0 unspecified atom stereocenters. The molecule has 0 fully saturated rings. The normalized spacial score (nSPS) is 18.3. The molecule has 0 atom stereocenters. The standard InChI is InChI=1S/C15H11N3O2/c19-14-10-3-1-2-4-11(10)15(20)18(14)12-6-5-9-7-8-16-13(9)17-12/h1,3,5-8H,2,4H2,(H,16,17). The Morgan fingerprint density at radius 1 is 1.15 bits per heavy atom. The van der Waals surface area contributed by atoms with Crippen LogP contribution in [0.4, 0.5) is 5.82 Å². The number of imide groups is 1. The highest BCUT2D eigenvalue weighted by Crippen LogP contribution is 2.32. The van der Waals surface area contributed by atoms with Gasteiger partial charge in [0.25, 0.3) is 11.8 Å². The molecule has 2 aromatic heterocycles. The summed E-state index contributed by atoms with van der Waals surface area (Å²) in [5.74, 6) is -0.148. The van der Waals surface area contributed by atoms with E-state index in [0.717, 1.165) is 11.8 Å². The number of fused-ring (bicyclic) bond motifs is 1. The number of pyridine rings is 1. The molecular weight excluding hydrogens is 254 g/mol. The lowest BCUT2D eigenvalue weighted by Gasteiger charge is -2.13. The van der Waals surface area contributed by atoms with Crippen LogP contribution >= 0.6 is 0 Å². The van der Waals surface area contributed by atoms with Gasteiger partial charge in [-0.15, -0.1) is 0 Å². The minimum absolute atomic E-state index is 0.243. The van der Waals surface area contributed by atoms with E-state index in [9.17, 15) is 9.59 Å². The number of nitrogens with one attached hydrogen (secondary N) is 1. The average Bonchev–Trinajstić information content (AvgIpc) is 3.03. The average molecular weight is 265 g/mol. The summed E-state index contributed by atoms with van der Waals surface area (Å²) in [7, 11) is 0. The number of hydrogen-bond donors (Lipinski definition) is 1. The summed E-state index contributed by atoms with van der Waals surface area (Å²) in [5.41, 5.74) is 1.78. The van der Waals surface area contributed by atoms with Crippen molar-refractivity contribution in [2.24, 2.45) is 0 Å². The number of carbonyl (C=O) groups excluding carboxylic acids is 2. The first-order valence-corrected chi connectivity index (χ1v) is 6.48. The molecule has 3 heterocycles. The van der Waals surface area contributed by atoms with Crippen molar-refractivity contribution in [3.63, 3.8) is 0 Å². The highest BCUT2D eigenvalue weighted by molar-refractivity contribution is 6.33. The zero-order valence-electron chi connectivity index (χ0n) is 10.6. The Morgan fingerprint density at radius 3 is 2.90 bits per heavy atom. The maximum atomic E-state index is 12.4. The third kappa shape index (κ3) is 1.40. The van der Waals surface area contributed by atoms with Crippen LogP contribution in [-0.4, -0.2) is 21.8 Å². The number of rotatable bonds is 1. The minimum Gasteiger partial charge on any atom is -0.346 e. The van der Waals surface area contributed by atoms with Gasteiger partial charge in [0.2, 0.25) is 0 Å². The summed E-state index contributed by atoms with van der Waals surface area (Å²) in [6.45, 7) is 0. The van der Waals surface area contributed by atoms with Crippen LogP contribution in [0.1, 0.15) is 12.8 Å². The monoisotopic (exact) mass is 265 g/mol. The largest absolute Gasteiger partial charge is 0.346 e. The zero-order chi connectivity index (χ0) is 13.7. The second kappa shape index (κ2) is 3.90. The number of carbonyl (C=O) groups is 2. The Bertz CT molecular complexity index is 813. The Labute approximate surface area is 114 Å². The van der Waals surface area contributed by atoms with Gasteiger partial charge in [0.05, 0.1) is 0 Å². The Morgan fingerprint density at radius 2 is 2.05 bits per heavy atom. The SMILES string of the molecule is O=C1C2=C(CCC=C2)C(=O)N1c1ccc2cc[nH]c2n1. The van der Waals surface area contributed by atoms with E-state index in [1.54, 1.807) is 18.3 Å². The Balaban J connectivity index is 1.81. The van der Waals surface area contributed by atoms with Crippen LogP contribution in [0.2, 0.25) is 0 Å². The maximum absolute atomic E-state index is 12.4. The van der Waals surface area contributed by atoms with Gasteiger partial charge in [0.1, 0.15) is 11.5 Å². The molecular formula is C15H11N3O2. The number of aromatic nitrogens is 2. The highest BCUT2D eigenvalue weighted by atomic mass is 16.2. The van der Waals surface area contributed by atoms with Gasteiger partial charge in [-0.25, -0.2) is 9.88 Å². The van der Waals surface area contributed by atoms with Crippen molar-refractivity contribution < 1.29 is 9.59 Å². The predicted molar refractivity (Wildman–Crippen MR) is 74.0 cm³/mol. The lowest BCUT2D eigenvalue weighted by Crippen LogP contribution is -2.32. The minimum atomic E-state index is -0.278. The molecule has 2 aromatic rings. The molecule has 0 saturated heterocycles. The first-order valence-electron chi connectivity index (χ1n) is 6.48. The molecule has 0 spiro atoms. The van der Waals surface area contributed by atoms with Crippen LogP contribution in [0.25, 0.3) is 11.0 Å². The van der Waals surface area contributed by atoms with E-state index in [4.69, 9.17) is 0 Å². The second-order valence-electron chi connectivity index (χ2n) is 4.86. The molecule has 1 N–H and O–H groups in total. The van der Waals surface area contributed by atoms with Crippen LogP contribution in [-0.2, 0) is 9.59 Å². The molecule has 1 aliphatic carbocycles. The van der Waals surface area contributed by atoms with Crippen LogP contribution in [0.5, 0.6) is 0 Å². The molecule has 0 aromatic carbocycles. The summed E-state index contributed by atoms with van der Waals surface area (Å²) in [5, 5.41) is 0.950. The van der Waals surface area contributed by atoms with E-state index in [0.29, 0.717) is 29.0 Å². The van der Waals surface area contributed by atoms with Crippen LogP contribution in [0.15, 0.2) is 47.7 Å². The van der Waals surface area contributed by atoms with Crippen LogP contribution < -0.4 is 4.90 Å². The smallest absolute Gasteiger partial charge is 0.267 e. The van der Waals surface area contributed by atoms with Crippen molar-refractivity contribution in [1.29, 1.82) is 0 Å². The highest BCUT2D eigenvalue weighted by Gasteiger charge is 2.39. The number of amides is 2. The van der Waals surface area contributed by atoms with Crippen molar-refractivity contribution >= 4 is 28.7 Å². The molecule has 2 aliphatic rings. The van der Waals surface area contributed by atoms with Crippen LogP contribution in [0.3, 0.4) is 0 Å². The molecule has 0 bridgehead atoms. The van der Waals surface area contributed by atoms with E-state index in [-0.39, 0.29) is 11.8 Å². The Hall–Kier alpha value is -2.69. The fourth-order valence-corrected chi connectivity index (χ4v) is 2.69. The van der Waals surface area contributed by atoms with Crippen molar-refractivity contribution in [3.8, 4) is 0 Å². The molecule has 0 radical (unpaired) electrons. The quantitative estimate of drug-likeness (QED) is 0.803. The molecule has 98 valence electrons. The summed E-state index contributed by atoms with van der Waals surface area (Å²) < 4.78 is 0. The van der Waals surface area contributed by atoms with Crippen molar-refractivity contribution in [2.75, 3.05) is 4.90 Å². The number of anilines is 1. The van der Waals surface area contributed by atoms with Gasteiger partial charge in [0, 0.05) is 22.7 Å². The topological polar surface area (TPSA) is 66.1 Å². The van der Waals surface area contributed by atoms with Crippen molar-refractivity contribution in [2.45, 2.75) is 12.8 Å². The number of aromatic amines is 1. The third-order valence-corrected chi connectivity index (χ3v) is 3.69. The summed E-state index contributed by atoms with van der Waals surface area (Å²) in [6.07, 6.45) is 6.87. The fourth-order valence-electron chi connectivity index (χ4n) is 2.69. The van der Waals surface area contributed by atoms with Crippen molar-refractivity contribution in [1.82, 2.24) is 9.97 Å². The zero-order valence-corrected chi connectivity index (χ0v) is 10.6. The molecule has 4 rings (SSSR count). The Kier molecular flexibility index (Phi) is 2.18.